The number of thioether (sulfide) groups is 2. The summed E-state index contributed by atoms with van der Waals surface area (Å²) >= 11 is 3.21. The van der Waals surface area contributed by atoms with Crippen molar-refractivity contribution in [2.45, 2.75) is 10.3 Å². The molecule has 0 fully saturated rings. The second-order valence-electron chi connectivity index (χ2n) is 8.45. The Morgan fingerprint density at radius 2 is 0.974 bits per heavy atom. The molecule has 7 rings (SSSR count). The molecule has 12 heteroatoms. The first-order valence-electron chi connectivity index (χ1n) is 11.9. The molecule has 2 aromatic heterocycles. The largest absolute Gasteiger partial charge is 0.276 e. The Morgan fingerprint density at radius 1 is 0.553 bits per heavy atom. The van der Waals surface area contributed by atoms with Gasteiger partial charge in [0.1, 0.15) is 11.7 Å². The summed E-state index contributed by atoms with van der Waals surface area (Å²) in [6, 6.07) is 27.8. The molecular weight excluding hydrogens is 516 g/mol. The van der Waals surface area contributed by atoms with E-state index in [4.69, 9.17) is 9.98 Å². The summed E-state index contributed by atoms with van der Waals surface area (Å²) in [5, 5.41) is 18.9. The number of aromatic nitrogens is 6. The Kier molecular flexibility index (Phi) is 5.87. The predicted molar refractivity (Wildman–Crippen MR) is 152 cm³/mol. The van der Waals surface area contributed by atoms with Gasteiger partial charge in [-0.15, -0.1) is 20.4 Å². The summed E-state index contributed by atoms with van der Waals surface area (Å²) < 4.78 is 3.77. The van der Waals surface area contributed by atoms with E-state index in [1.807, 2.05) is 94.3 Å². The summed E-state index contributed by atoms with van der Waals surface area (Å²) in [4.78, 5) is 9.61. The van der Waals surface area contributed by atoms with Gasteiger partial charge in [0.15, 0.2) is 11.6 Å². The second kappa shape index (κ2) is 9.80. The number of amidine groups is 2. The van der Waals surface area contributed by atoms with Crippen LogP contribution in [0.2, 0.25) is 0 Å². The van der Waals surface area contributed by atoms with Crippen LogP contribution in [0.3, 0.4) is 0 Å². The molecule has 0 saturated carbocycles. The number of nitrogens with zero attached hydrogens (tertiary/aromatic N) is 8. The highest BCUT2D eigenvalue weighted by molar-refractivity contribution is 8.00. The zero-order chi connectivity index (χ0) is 25.3. The second-order valence-corrected chi connectivity index (χ2v) is 10.3. The smallest absolute Gasteiger partial charge is 0.211 e. The van der Waals surface area contributed by atoms with Crippen molar-refractivity contribution in [3.8, 4) is 22.8 Å². The normalized spacial score (nSPS) is 16.5. The maximum Gasteiger partial charge on any atom is 0.211 e. The zero-order valence-corrected chi connectivity index (χ0v) is 21.5. The fourth-order valence-electron chi connectivity index (χ4n) is 4.09. The fourth-order valence-corrected chi connectivity index (χ4v) is 5.60. The Balaban J connectivity index is 1.08. The van der Waals surface area contributed by atoms with Gasteiger partial charge in [-0.05, 0) is 24.3 Å². The van der Waals surface area contributed by atoms with Gasteiger partial charge in [0, 0.05) is 11.1 Å². The van der Waals surface area contributed by atoms with Crippen LogP contribution in [0.15, 0.2) is 105 Å². The van der Waals surface area contributed by atoms with Crippen LogP contribution in [0, 0.1) is 0 Å². The molecule has 2 N–H and O–H groups in total. The van der Waals surface area contributed by atoms with Gasteiger partial charge in [-0.1, -0.05) is 84.2 Å². The quantitative estimate of drug-likeness (QED) is 0.332. The highest BCUT2D eigenvalue weighted by atomic mass is 32.2. The molecular formula is C26H20N10S2. The number of hydrogen-bond donors (Lipinski definition) is 2. The van der Waals surface area contributed by atoms with E-state index in [1.165, 1.54) is 0 Å². The van der Waals surface area contributed by atoms with E-state index in [2.05, 4.69) is 31.2 Å². The minimum absolute atomic E-state index is 0.684. The molecule has 0 spiro atoms. The van der Waals surface area contributed by atoms with Gasteiger partial charge in [0.05, 0.1) is 22.9 Å². The third-order valence-electron chi connectivity index (χ3n) is 5.87. The van der Waals surface area contributed by atoms with E-state index in [-0.39, 0.29) is 0 Å². The summed E-state index contributed by atoms with van der Waals surface area (Å²) in [7, 11) is 0. The lowest BCUT2D eigenvalue weighted by Gasteiger charge is -2.19. The molecule has 0 atom stereocenters. The first-order chi connectivity index (χ1) is 18.8. The minimum atomic E-state index is 0.684. The molecule has 5 aromatic rings. The highest BCUT2D eigenvalue weighted by Gasteiger charge is 2.22. The fraction of sp³-hybridized carbons (Fsp3) is 0.0769. The molecule has 10 nitrogen and oxygen atoms in total. The van der Waals surface area contributed by atoms with E-state index in [0.717, 1.165) is 56.1 Å². The molecule has 4 heterocycles. The molecule has 3 aromatic carbocycles. The minimum Gasteiger partial charge on any atom is -0.276 e. The Bertz CT molecular complexity index is 1530. The van der Waals surface area contributed by atoms with Crippen LogP contribution in [-0.2, 0) is 0 Å². The average Bonchev–Trinajstić information content (AvgIpc) is 3.59. The van der Waals surface area contributed by atoms with Crippen LogP contribution in [0.5, 0.6) is 0 Å². The summed E-state index contributed by atoms with van der Waals surface area (Å²) in [5.74, 6) is 4.55. The third kappa shape index (κ3) is 4.44. The van der Waals surface area contributed by atoms with Crippen LogP contribution >= 0.6 is 23.5 Å². The number of aliphatic imine (C=N–C) groups is 2. The first-order valence-corrected chi connectivity index (χ1v) is 13.8. The van der Waals surface area contributed by atoms with Crippen molar-refractivity contribution >= 4 is 46.6 Å². The van der Waals surface area contributed by atoms with Gasteiger partial charge in [0.2, 0.25) is 10.3 Å². The summed E-state index contributed by atoms with van der Waals surface area (Å²) in [5.41, 5.74) is 10.4. The standard InChI is InChI=1S/C26H20N10S2/c1-3-7-17(8-4-1)23-29-31-25-35(23)33-21(15-37-25)27-19-11-13-20(14-12-19)28-22-16-38-26-32-30-24(36(26)34-22)18-9-5-2-6-10-18/h1-14H,15-16H2,(H,27,33)(H,28,34). The highest BCUT2D eigenvalue weighted by Crippen LogP contribution is 2.29. The molecule has 186 valence electrons. The number of nitrogens with one attached hydrogen (secondary N) is 2. The Hall–Kier alpha value is -4.42. The van der Waals surface area contributed by atoms with Gasteiger partial charge in [0.25, 0.3) is 0 Å². The monoisotopic (exact) mass is 536 g/mol. The molecule has 0 radical (unpaired) electrons. The van der Waals surface area contributed by atoms with Crippen molar-refractivity contribution in [2.75, 3.05) is 22.4 Å². The number of hydrogen-bond acceptors (Lipinski definition) is 8. The van der Waals surface area contributed by atoms with Crippen molar-refractivity contribution in [3.05, 3.63) is 84.9 Å². The number of fused-ring (bicyclic) bond motifs is 2. The third-order valence-corrected chi connectivity index (χ3v) is 7.75. The molecule has 2 aliphatic rings. The zero-order valence-electron chi connectivity index (χ0n) is 19.9. The van der Waals surface area contributed by atoms with E-state index >= 15 is 0 Å². The molecule has 0 bridgehead atoms. The maximum atomic E-state index is 4.81. The lowest BCUT2D eigenvalue weighted by atomic mass is 10.2. The SMILES string of the molecule is c1ccc(-c2nnc3n2NC(=Nc2ccc(N=C4CSc5nnc(-c6ccccc6)n5N4)cc2)CS3)cc1. The van der Waals surface area contributed by atoms with Gasteiger partial charge in [-0.25, -0.2) is 19.3 Å². The van der Waals surface area contributed by atoms with Gasteiger partial charge >= 0.3 is 0 Å². The molecule has 0 unspecified atom stereocenters. The lowest BCUT2D eigenvalue weighted by Crippen LogP contribution is -2.30. The molecule has 0 amide bonds. The van der Waals surface area contributed by atoms with Crippen molar-refractivity contribution in [1.29, 1.82) is 0 Å². The summed E-state index contributed by atoms with van der Waals surface area (Å²) in [6.07, 6.45) is 0. The maximum absolute atomic E-state index is 4.81. The van der Waals surface area contributed by atoms with Crippen molar-refractivity contribution in [2.24, 2.45) is 9.98 Å². The van der Waals surface area contributed by atoms with Crippen LogP contribution in [0.1, 0.15) is 0 Å². The summed E-state index contributed by atoms with van der Waals surface area (Å²) in [6.45, 7) is 0. The van der Waals surface area contributed by atoms with Crippen LogP contribution in [0.4, 0.5) is 11.4 Å². The van der Waals surface area contributed by atoms with Gasteiger partial charge in [-0.3, -0.25) is 10.9 Å². The van der Waals surface area contributed by atoms with E-state index in [0.29, 0.717) is 11.5 Å². The van der Waals surface area contributed by atoms with Crippen molar-refractivity contribution in [1.82, 2.24) is 29.7 Å². The molecule has 0 saturated heterocycles. The average molecular weight is 537 g/mol. The van der Waals surface area contributed by atoms with E-state index in [1.54, 1.807) is 23.5 Å². The molecule has 0 aliphatic carbocycles. The van der Waals surface area contributed by atoms with Gasteiger partial charge in [-0.2, -0.15) is 0 Å². The topological polar surface area (TPSA) is 110 Å². The van der Waals surface area contributed by atoms with Gasteiger partial charge < -0.3 is 0 Å². The number of benzene rings is 3. The van der Waals surface area contributed by atoms with Crippen molar-refractivity contribution in [3.63, 3.8) is 0 Å². The molecule has 38 heavy (non-hydrogen) atoms. The van der Waals surface area contributed by atoms with Crippen LogP contribution in [-0.4, -0.2) is 52.9 Å². The van der Waals surface area contributed by atoms with Crippen LogP contribution < -0.4 is 10.9 Å². The lowest BCUT2D eigenvalue weighted by molar-refractivity contribution is 0.826. The first kappa shape index (κ1) is 22.8. The number of rotatable bonds is 4. The Labute approximate surface area is 226 Å². The predicted octanol–water partition coefficient (Wildman–Crippen LogP) is 4.96. The van der Waals surface area contributed by atoms with E-state index in [9.17, 15) is 0 Å². The van der Waals surface area contributed by atoms with Crippen LogP contribution in [0.25, 0.3) is 22.8 Å². The van der Waals surface area contributed by atoms with E-state index < -0.39 is 0 Å². The Morgan fingerprint density at radius 3 is 1.39 bits per heavy atom. The van der Waals surface area contributed by atoms with Crippen molar-refractivity contribution < 1.29 is 0 Å². The molecule has 2 aliphatic heterocycles.